The fourth-order valence-corrected chi connectivity index (χ4v) is 3.61. The van der Waals surface area contributed by atoms with Crippen LogP contribution in [0.3, 0.4) is 0 Å². The molecule has 1 heterocycles. The normalized spacial score (nSPS) is 11.6. The average molecular weight is 427 g/mol. The minimum atomic E-state index is -0.0696. The van der Waals surface area contributed by atoms with Gasteiger partial charge in [0.15, 0.2) is 0 Å². The summed E-state index contributed by atoms with van der Waals surface area (Å²) >= 11 is 0. The third kappa shape index (κ3) is 5.73. The van der Waals surface area contributed by atoms with Gasteiger partial charge >= 0.3 is 0 Å². The highest BCUT2D eigenvalue weighted by atomic mass is 16.5. The average Bonchev–Trinajstić information content (AvgIpc) is 2.83. The number of pyridine rings is 1. The van der Waals surface area contributed by atoms with Crippen molar-refractivity contribution in [1.29, 1.82) is 0 Å². The summed E-state index contributed by atoms with van der Waals surface area (Å²) in [5, 5.41) is 3.03. The minimum Gasteiger partial charge on any atom is -0.497 e. The van der Waals surface area contributed by atoms with Gasteiger partial charge in [0.05, 0.1) is 12.8 Å². The molecular formula is C28H30N2O2. The molecule has 3 aromatic rings. The molecule has 0 unspecified atom stereocenters. The van der Waals surface area contributed by atoms with Crippen molar-refractivity contribution >= 4 is 11.5 Å². The SMILES string of the molecule is C/C=C\C(=C/C)c1cc(Cc2cccc(C(=O)NCc3ccc(OC)cc3)c2C)ccn1. The summed E-state index contributed by atoms with van der Waals surface area (Å²) in [7, 11) is 1.64. The number of rotatable bonds is 8. The molecule has 2 aromatic carbocycles. The molecule has 0 aliphatic rings. The van der Waals surface area contributed by atoms with Crippen LogP contribution in [0.4, 0.5) is 0 Å². The Labute approximate surface area is 190 Å². The van der Waals surface area contributed by atoms with E-state index in [1.807, 2.05) is 75.5 Å². The van der Waals surface area contributed by atoms with Crippen LogP contribution in [0, 0.1) is 6.92 Å². The summed E-state index contributed by atoms with van der Waals surface area (Å²) in [4.78, 5) is 17.4. The molecule has 0 aliphatic carbocycles. The van der Waals surface area contributed by atoms with Crippen molar-refractivity contribution in [2.45, 2.75) is 33.7 Å². The number of allylic oxidation sites excluding steroid dienone is 4. The molecule has 0 radical (unpaired) electrons. The van der Waals surface area contributed by atoms with Crippen LogP contribution in [0.5, 0.6) is 5.75 Å². The maximum absolute atomic E-state index is 12.9. The summed E-state index contributed by atoms with van der Waals surface area (Å²) < 4.78 is 5.18. The first-order valence-corrected chi connectivity index (χ1v) is 10.8. The Balaban J connectivity index is 1.74. The van der Waals surface area contributed by atoms with Crippen LogP contribution >= 0.6 is 0 Å². The predicted molar refractivity (Wildman–Crippen MR) is 131 cm³/mol. The molecule has 4 heteroatoms. The number of hydrogen-bond acceptors (Lipinski definition) is 3. The molecule has 3 rings (SSSR count). The number of carbonyl (C=O) groups is 1. The molecule has 164 valence electrons. The van der Waals surface area contributed by atoms with E-state index < -0.39 is 0 Å². The van der Waals surface area contributed by atoms with Crippen molar-refractivity contribution in [2.24, 2.45) is 0 Å². The smallest absolute Gasteiger partial charge is 0.251 e. The van der Waals surface area contributed by atoms with Gasteiger partial charge in [0.25, 0.3) is 5.91 Å². The molecule has 0 fully saturated rings. The number of aromatic nitrogens is 1. The van der Waals surface area contributed by atoms with E-state index in [-0.39, 0.29) is 5.91 Å². The Hall–Kier alpha value is -3.66. The van der Waals surface area contributed by atoms with Crippen LogP contribution in [0.1, 0.15) is 52.2 Å². The number of benzene rings is 2. The third-order valence-electron chi connectivity index (χ3n) is 5.47. The van der Waals surface area contributed by atoms with Gasteiger partial charge < -0.3 is 10.1 Å². The molecule has 0 atom stereocenters. The highest BCUT2D eigenvalue weighted by Crippen LogP contribution is 2.21. The molecule has 0 spiro atoms. The fourth-order valence-electron chi connectivity index (χ4n) is 3.61. The Morgan fingerprint density at radius 3 is 2.53 bits per heavy atom. The second-order valence-electron chi connectivity index (χ2n) is 7.59. The van der Waals surface area contributed by atoms with E-state index in [4.69, 9.17) is 4.74 Å². The van der Waals surface area contributed by atoms with Crippen molar-refractivity contribution in [2.75, 3.05) is 7.11 Å². The molecule has 32 heavy (non-hydrogen) atoms. The van der Waals surface area contributed by atoms with Gasteiger partial charge in [0, 0.05) is 18.3 Å². The molecule has 0 saturated carbocycles. The second-order valence-corrected chi connectivity index (χ2v) is 7.59. The third-order valence-corrected chi connectivity index (χ3v) is 5.47. The van der Waals surface area contributed by atoms with Gasteiger partial charge in [-0.3, -0.25) is 9.78 Å². The lowest BCUT2D eigenvalue weighted by Crippen LogP contribution is -2.24. The quantitative estimate of drug-likeness (QED) is 0.456. The first kappa shape index (κ1) is 23.0. The monoisotopic (exact) mass is 426 g/mol. The van der Waals surface area contributed by atoms with Crippen LogP contribution in [0.2, 0.25) is 0 Å². The predicted octanol–water partition coefficient (Wildman–Crippen LogP) is 5.90. The Morgan fingerprint density at radius 2 is 1.84 bits per heavy atom. The van der Waals surface area contributed by atoms with Gasteiger partial charge in [0.1, 0.15) is 5.75 Å². The number of methoxy groups -OCH3 is 1. The standard InChI is InChI=1S/C28H30N2O2/c1-5-8-23(6-2)27-18-22(15-16-29-27)17-24-9-7-10-26(20(24)3)28(31)30-19-21-11-13-25(32-4)14-12-21/h5-16,18H,17,19H2,1-4H3,(H,30,31)/b8-5-,23-6+. The maximum Gasteiger partial charge on any atom is 0.251 e. The van der Waals surface area contributed by atoms with Gasteiger partial charge in [-0.1, -0.05) is 42.5 Å². The molecule has 0 aliphatic heterocycles. The fraction of sp³-hybridized carbons (Fsp3) is 0.214. The van der Waals surface area contributed by atoms with E-state index in [0.29, 0.717) is 12.1 Å². The lowest BCUT2D eigenvalue weighted by atomic mass is 9.96. The summed E-state index contributed by atoms with van der Waals surface area (Å²) in [6, 6.07) is 17.8. The van der Waals surface area contributed by atoms with Crippen LogP contribution in [-0.2, 0) is 13.0 Å². The number of hydrogen-bond donors (Lipinski definition) is 1. The van der Waals surface area contributed by atoms with Gasteiger partial charge in [-0.05, 0) is 85.4 Å². The van der Waals surface area contributed by atoms with E-state index in [0.717, 1.165) is 45.7 Å². The Morgan fingerprint density at radius 1 is 1.06 bits per heavy atom. The van der Waals surface area contributed by atoms with E-state index in [1.54, 1.807) is 7.11 Å². The Bertz CT molecular complexity index is 1130. The van der Waals surface area contributed by atoms with Crippen molar-refractivity contribution < 1.29 is 9.53 Å². The minimum absolute atomic E-state index is 0.0696. The molecular weight excluding hydrogens is 396 g/mol. The van der Waals surface area contributed by atoms with Gasteiger partial charge in [0.2, 0.25) is 0 Å². The van der Waals surface area contributed by atoms with Crippen molar-refractivity contribution in [3.63, 3.8) is 0 Å². The van der Waals surface area contributed by atoms with Crippen LogP contribution in [0.15, 0.2) is 79.0 Å². The number of nitrogens with zero attached hydrogens (tertiary/aromatic N) is 1. The largest absolute Gasteiger partial charge is 0.497 e. The first-order chi connectivity index (χ1) is 15.5. The topological polar surface area (TPSA) is 51.2 Å². The summed E-state index contributed by atoms with van der Waals surface area (Å²) in [6.07, 6.45) is 8.73. The van der Waals surface area contributed by atoms with Crippen molar-refractivity contribution in [3.8, 4) is 5.75 Å². The Kier molecular flexibility index (Phi) is 7.98. The van der Waals surface area contributed by atoms with Gasteiger partial charge in [-0.25, -0.2) is 0 Å². The first-order valence-electron chi connectivity index (χ1n) is 10.8. The number of amides is 1. The van der Waals surface area contributed by atoms with Crippen molar-refractivity contribution in [3.05, 3.63) is 113 Å². The molecule has 1 N–H and O–H groups in total. The zero-order valence-electron chi connectivity index (χ0n) is 19.2. The van der Waals surface area contributed by atoms with Crippen LogP contribution < -0.4 is 10.1 Å². The maximum atomic E-state index is 12.9. The van der Waals surface area contributed by atoms with Gasteiger partial charge in [-0.15, -0.1) is 0 Å². The lowest BCUT2D eigenvalue weighted by molar-refractivity contribution is 0.0950. The molecule has 0 saturated heterocycles. The summed E-state index contributed by atoms with van der Waals surface area (Å²) in [5.41, 5.74) is 7.07. The number of ether oxygens (including phenoxy) is 1. The van der Waals surface area contributed by atoms with Gasteiger partial charge in [-0.2, -0.15) is 0 Å². The van der Waals surface area contributed by atoms with E-state index in [1.165, 1.54) is 0 Å². The number of carbonyl (C=O) groups excluding carboxylic acids is 1. The molecule has 1 amide bonds. The molecule has 0 bridgehead atoms. The summed E-state index contributed by atoms with van der Waals surface area (Å²) in [6.45, 7) is 6.50. The zero-order valence-corrected chi connectivity index (χ0v) is 19.2. The van der Waals surface area contributed by atoms with E-state index in [9.17, 15) is 4.79 Å². The van der Waals surface area contributed by atoms with E-state index >= 15 is 0 Å². The van der Waals surface area contributed by atoms with Crippen molar-refractivity contribution in [1.82, 2.24) is 10.3 Å². The van der Waals surface area contributed by atoms with Crippen LogP contribution in [-0.4, -0.2) is 18.0 Å². The summed E-state index contributed by atoms with van der Waals surface area (Å²) in [5.74, 6) is 0.732. The second kappa shape index (κ2) is 11.1. The van der Waals surface area contributed by atoms with Crippen LogP contribution in [0.25, 0.3) is 5.57 Å². The molecule has 1 aromatic heterocycles. The number of nitrogens with one attached hydrogen (secondary N) is 1. The highest BCUT2D eigenvalue weighted by Gasteiger charge is 2.12. The van der Waals surface area contributed by atoms with E-state index in [2.05, 4.69) is 34.6 Å². The molecule has 4 nitrogen and oxygen atoms in total. The highest BCUT2D eigenvalue weighted by molar-refractivity contribution is 5.95. The zero-order chi connectivity index (χ0) is 22.9. The lowest BCUT2D eigenvalue weighted by Gasteiger charge is -2.13.